The average Bonchev–Trinajstić information content (AvgIpc) is 3.18. The first-order valence-corrected chi connectivity index (χ1v) is 7.07. The lowest BCUT2D eigenvalue weighted by molar-refractivity contribution is 0.290. The third-order valence-corrected chi connectivity index (χ3v) is 3.63. The predicted octanol–water partition coefficient (Wildman–Crippen LogP) is 2.30. The molecular weight excluding hydrogens is 276 g/mol. The van der Waals surface area contributed by atoms with Crippen LogP contribution in [0.1, 0.15) is 24.2 Å². The van der Waals surface area contributed by atoms with Crippen molar-refractivity contribution in [2.75, 3.05) is 0 Å². The second-order valence-electron chi connectivity index (χ2n) is 5.01. The number of nitrogens with zero attached hydrogens (tertiary/aromatic N) is 3. The van der Waals surface area contributed by atoms with Crippen LogP contribution in [0.5, 0.6) is 5.75 Å². The van der Waals surface area contributed by atoms with Gasteiger partial charge in [-0.1, -0.05) is 17.7 Å². The van der Waals surface area contributed by atoms with E-state index in [0.717, 1.165) is 12.4 Å². The predicted molar refractivity (Wildman–Crippen MR) is 76.6 cm³/mol. The van der Waals surface area contributed by atoms with Gasteiger partial charge in [-0.25, -0.2) is 4.98 Å². The number of halogens is 1. The summed E-state index contributed by atoms with van der Waals surface area (Å²) in [6, 6.07) is 6.58. The minimum absolute atomic E-state index is 0.357. The van der Waals surface area contributed by atoms with Gasteiger partial charge in [-0.15, -0.1) is 0 Å². The van der Waals surface area contributed by atoms with Crippen molar-refractivity contribution in [3.63, 3.8) is 0 Å². The molecule has 1 aromatic carbocycles. The number of rotatable bonds is 6. The lowest BCUT2D eigenvalue weighted by Crippen LogP contribution is -2.15. The van der Waals surface area contributed by atoms with Crippen LogP contribution in [0.2, 0.25) is 5.02 Å². The van der Waals surface area contributed by atoms with Gasteiger partial charge in [0.05, 0.1) is 5.02 Å². The number of aromatic nitrogens is 3. The first-order valence-electron chi connectivity index (χ1n) is 6.70. The smallest absolute Gasteiger partial charge is 0.164 e. The molecule has 1 aliphatic rings. The van der Waals surface area contributed by atoms with Crippen LogP contribution in [-0.2, 0) is 20.2 Å². The van der Waals surface area contributed by atoms with Gasteiger partial charge < -0.3 is 10.1 Å². The minimum Gasteiger partial charge on any atom is -0.484 e. The quantitative estimate of drug-likeness (QED) is 0.887. The third-order valence-electron chi connectivity index (χ3n) is 3.33. The first-order chi connectivity index (χ1) is 9.72. The van der Waals surface area contributed by atoms with Crippen molar-refractivity contribution < 1.29 is 4.74 Å². The molecule has 1 aromatic heterocycles. The molecular formula is C14H17ClN4O. The van der Waals surface area contributed by atoms with E-state index in [1.54, 1.807) is 4.68 Å². The Balaban J connectivity index is 1.60. The summed E-state index contributed by atoms with van der Waals surface area (Å²) in [7, 11) is 1.83. The number of aryl methyl sites for hydroxylation is 1. The van der Waals surface area contributed by atoms with E-state index in [1.165, 1.54) is 24.7 Å². The van der Waals surface area contributed by atoms with Crippen molar-refractivity contribution in [1.29, 1.82) is 0 Å². The van der Waals surface area contributed by atoms with E-state index in [9.17, 15) is 0 Å². The molecule has 1 saturated carbocycles. The highest BCUT2D eigenvalue weighted by atomic mass is 35.5. The monoisotopic (exact) mass is 292 g/mol. The van der Waals surface area contributed by atoms with Crippen LogP contribution in [0, 0.1) is 0 Å². The summed E-state index contributed by atoms with van der Waals surface area (Å²) < 4.78 is 7.36. The van der Waals surface area contributed by atoms with E-state index in [2.05, 4.69) is 15.4 Å². The van der Waals surface area contributed by atoms with Gasteiger partial charge in [0.1, 0.15) is 18.7 Å². The van der Waals surface area contributed by atoms with Gasteiger partial charge in [0.15, 0.2) is 5.82 Å². The van der Waals surface area contributed by atoms with E-state index in [4.69, 9.17) is 16.3 Å². The van der Waals surface area contributed by atoms with E-state index < -0.39 is 0 Å². The fraction of sp³-hybridized carbons (Fsp3) is 0.429. The van der Waals surface area contributed by atoms with Gasteiger partial charge in [-0.2, -0.15) is 5.10 Å². The molecule has 0 bridgehead atoms. The molecule has 0 unspecified atom stereocenters. The van der Waals surface area contributed by atoms with Crippen LogP contribution in [0.4, 0.5) is 0 Å². The normalized spacial score (nSPS) is 14.5. The van der Waals surface area contributed by atoms with Crippen LogP contribution in [0.25, 0.3) is 0 Å². The maximum Gasteiger partial charge on any atom is 0.164 e. The molecule has 5 nitrogen and oxygen atoms in total. The van der Waals surface area contributed by atoms with Crippen LogP contribution in [0.15, 0.2) is 24.5 Å². The second-order valence-corrected chi connectivity index (χ2v) is 5.42. The van der Waals surface area contributed by atoms with Crippen molar-refractivity contribution in [2.24, 2.45) is 7.05 Å². The molecule has 0 amide bonds. The van der Waals surface area contributed by atoms with Crippen LogP contribution < -0.4 is 10.1 Å². The largest absolute Gasteiger partial charge is 0.484 e. The van der Waals surface area contributed by atoms with Crippen LogP contribution in [0.3, 0.4) is 0 Å². The van der Waals surface area contributed by atoms with Gasteiger partial charge in [-0.3, -0.25) is 4.68 Å². The molecule has 0 spiro atoms. The van der Waals surface area contributed by atoms with Crippen molar-refractivity contribution in [2.45, 2.75) is 32.0 Å². The molecule has 0 aliphatic heterocycles. The van der Waals surface area contributed by atoms with Crippen LogP contribution >= 0.6 is 11.6 Å². The lowest BCUT2D eigenvalue weighted by Gasteiger charge is -2.09. The maximum absolute atomic E-state index is 6.24. The van der Waals surface area contributed by atoms with Crippen molar-refractivity contribution in [1.82, 2.24) is 20.1 Å². The third kappa shape index (κ3) is 3.29. The average molecular weight is 293 g/mol. The number of hydrogen-bond donors (Lipinski definition) is 1. The fourth-order valence-corrected chi connectivity index (χ4v) is 2.17. The molecule has 0 atom stereocenters. The summed E-state index contributed by atoms with van der Waals surface area (Å²) in [4.78, 5) is 4.11. The zero-order valence-electron chi connectivity index (χ0n) is 11.3. The van der Waals surface area contributed by atoms with E-state index in [0.29, 0.717) is 23.4 Å². The van der Waals surface area contributed by atoms with E-state index in [1.807, 2.05) is 25.2 Å². The standard InChI is InChI=1S/C14H17ClN4O/c1-19-14(17-9-18-19)8-20-13-5-2-10(6-12(13)15)7-16-11-3-4-11/h2,5-6,9,11,16H,3-4,7-8H2,1H3. The van der Waals surface area contributed by atoms with Crippen molar-refractivity contribution in [3.8, 4) is 5.75 Å². The first kappa shape index (κ1) is 13.4. The summed E-state index contributed by atoms with van der Waals surface area (Å²) in [5.41, 5.74) is 1.17. The summed E-state index contributed by atoms with van der Waals surface area (Å²) in [6.45, 7) is 1.21. The Hall–Kier alpha value is -1.59. The Kier molecular flexibility index (Phi) is 3.89. The number of ether oxygens (including phenoxy) is 1. The van der Waals surface area contributed by atoms with Crippen molar-refractivity contribution in [3.05, 3.63) is 40.9 Å². The Morgan fingerprint density at radius 3 is 2.95 bits per heavy atom. The Morgan fingerprint density at radius 2 is 2.30 bits per heavy atom. The molecule has 1 heterocycles. The molecule has 0 radical (unpaired) electrons. The molecule has 3 rings (SSSR count). The zero-order valence-corrected chi connectivity index (χ0v) is 12.1. The Labute approximate surface area is 122 Å². The molecule has 1 N–H and O–H groups in total. The zero-order chi connectivity index (χ0) is 13.9. The van der Waals surface area contributed by atoms with E-state index >= 15 is 0 Å². The summed E-state index contributed by atoms with van der Waals surface area (Å²) >= 11 is 6.24. The Morgan fingerprint density at radius 1 is 1.45 bits per heavy atom. The van der Waals surface area contributed by atoms with Gasteiger partial charge in [0.25, 0.3) is 0 Å². The van der Waals surface area contributed by atoms with Gasteiger partial charge in [0.2, 0.25) is 0 Å². The van der Waals surface area contributed by atoms with Gasteiger partial charge >= 0.3 is 0 Å². The Bertz CT molecular complexity index is 595. The van der Waals surface area contributed by atoms with Gasteiger partial charge in [-0.05, 0) is 30.5 Å². The number of benzene rings is 1. The van der Waals surface area contributed by atoms with Crippen molar-refractivity contribution >= 4 is 11.6 Å². The van der Waals surface area contributed by atoms with E-state index in [-0.39, 0.29) is 0 Å². The van der Waals surface area contributed by atoms with Gasteiger partial charge in [0, 0.05) is 19.6 Å². The molecule has 0 saturated heterocycles. The molecule has 6 heteroatoms. The number of hydrogen-bond acceptors (Lipinski definition) is 4. The SMILES string of the molecule is Cn1ncnc1COc1ccc(CNC2CC2)cc1Cl. The molecule has 2 aromatic rings. The molecule has 1 aliphatic carbocycles. The fourth-order valence-electron chi connectivity index (χ4n) is 1.91. The summed E-state index contributed by atoms with van der Waals surface area (Å²) in [6.07, 6.45) is 4.08. The molecule has 106 valence electrons. The maximum atomic E-state index is 6.24. The molecule has 1 fully saturated rings. The highest BCUT2D eigenvalue weighted by Gasteiger charge is 2.20. The number of nitrogens with one attached hydrogen (secondary N) is 1. The minimum atomic E-state index is 0.357. The summed E-state index contributed by atoms with van der Waals surface area (Å²) in [5.74, 6) is 1.44. The highest BCUT2D eigenvalue weighted by Crippen LogP contribution is 2.27. The second kappa shape index (κ2) is 5.81. The van der Waals surface area contributed by atoms with Crippen LogP contribution in [-0.4, -0.2) is 20.8 Å². The molecule has 20 heavy (non-hydrogen) atoms. The lowest BCUT2D eigenvalue weighted by atomic mass is 10.2. The summed E-state index contributed by atoms with van der Waals surface area (Å²) in [5, 5.41) is 8.08. The highest BCUT2D eigenvalue weighted by molar-refractivity contribution is 6.32. The topological polar surface area (TPSA) is 52.0 Å².